The van der Waals surface area contributed by atoms with Crippen molar-refractivity contribution < 1.29 is 9.53 Å². The zero-order valence-electron chi connectivity index (χ0n) is 8.19. The average molecular weight is 191 g/mol. The summed E-state index contributed by atoms with van der Waals surface area (Å²) in [6.07, 6.45) is 5.07. The van der Waals surface area contributed by atoms with E-state index in [0.29, 0.717) is 6.61 Å². The van der Waals surface area contributed by atoms with Gasteiger partial charge in [0.1, 0.15) is 0 Å². The number of ether oxygens (including phenoxy) is 1. The van der Waals surface area contributed by atoms with Crippen LogP contribution in [0.4, 0.5) is 0 Å². The van der Waals surface area contributed by atoms with Gasteiger partial charge >= 0.3 is 0 Å². The molecule has 2 rings (SSSR count). The Balaban J connectivity index is 2.13. The molecule has 0 saturated heterocycles. The second-order valence-corrected chi connectivity index (χ2v) is 3.58. The van der Waals surface area contributed by atoms with Crippen molar-refractivity contribution in [3.05, 3.63) is 29.6 Å². The number of ketones is 1. The number of pyridine rings is 1. The van der Waals surface area contributed by atoms with Gasteiger partial charge in [-0.05, 0) is 24.5 Å². The number of carbonyl (C=O) groups excluding carboxylic acids is 1. The summed E-state index contributed by atoms with van der Waals surface area (Å²) in [6, 6.07) is 1.93. The summed E-state index contributed by atoms with van der Waals surface area (Å²) in [5.41, 5.74) is 1.93. The second-order valence-electron chi connectivity index (χ2n) is 3.58. The van der Waals surface area contributed by atoms with E-state index in [1.165, 1.54) is 0 Å². The zero-order valence-corrected chi connectivity index (χ0v) is 8.19. The maximum absolute atomic E-state index is 11.8. The Bertz CT molecular complexity index is 349. The Kier molecular flexibility index (Phi) is 2.59. The first-order valence-electron chi connectivity index (χ1n) is 4.79. The molecule has 1 atom stereocenters. The molecular formula is C11H13NO2. The van der Waals surface area contributed by atoms with Crippen LogP contribution in [-0.2, 0) is 11.2 Å². The van der Waals surface area contributed by atoms with E-state index in [-0.39, 0.29) is 11.7 Å². The highest BCUT2D eigenvalue weighted by Crippen LogP contribution is 2.27. The number of aromatic nitrogens is 1. The molecule has 0 spiro atoms. The van der Waals surface area contributed by atoms with E-state index in [2.05, 4.69) is 4.98 Å². The SMILES string of the molecule is COCC[C@@H]1Cc2ccncc2C1=O. The minimum absolute atomic E-state index is 0.106. The molecule has 74 valence electrons. The maximum atomic E-state index is 11.8. The summed E-state index contributed by atoms with van der Waals surface area (Å²) in [5, 5.41) is 0. The summed E-state index contributed by atoms with van der Waals surface area (Å²) in [4.78, 5) is 15.8. The van der Waals surface area contributed by atoms with Crippen molar-refractivity contribution in [2.24, 2.45) is 5.92 Å². The van der Waals surface area contributed by atoms with Crippen molar-refractivity contribution in [2.45, 2.75) is 12.8 Å². The highest BCUT2D eigenvalue weighted by Gasteiger charge is 2.29. The third-order valence-corrected chi connectivity index (χ3v) is 2.68. The molecule has 0 amide bonds. The highest BCUT2D eigenvalue weighted by molar-refractivity contribution is 6.01. The summed E-state index contributed by atoms with van der Waals surface area (Å²) < 4.78 is 4.98. The fourth-order valence-electron chi connectivity index (χ4n) is 1.89. The number of fused-ring (bicyclic) bond motifs is 1. The predicted octanol–water partition coefficient (Wildman–Crippen LogP) is 1.47. The van der Waals surface area contributed by atoms with Gasteiger partial charge in [0.05, 0.1) is 0 Å². The van der Waals surface area contributed by atoms with Crippen LogP contribution in [0.1, 0.15) is 22.3 Å². The number of rotatable bonds is 3. The summed E-state index contributed by atoms with van der Waals surface area (Å²) in [5.74, 6) is 0.333. The Hall–Kier alpha value is -1.22. The molecule has 1 aromatic rings. The van der Waals surface area contributed by atoms with Crippen molar-refractivity contribution in [3.8, 4) is 0 Å². The lowest BCUT2D eigenvalue weighted by Crippen LogP contribution is -2.11. The average Bonchev–Trinajstić information content (AvgIpc) is 2.54. The van der Waals surface area contributed by atoms with E-state index in [0.717, 1.165) is 24.0 Å². The zero-order chi connectivity index (χ0) is 9.97. The Morgan fingerprint density at radius 2 is 2.50 bits per heavy atom. The molecule has 0 saturated carbocycles. The Morgan fingerprint density at radius 3 is 3.21 bits per heavy atom. The summed E-state index contributed by atoms with van der Waals surface area (Å²) >= 11 is 0. The molecule has 14 heavy (non-hydrogen) atoms. The third-order valence-electron chi connectivity index (χ3n) is 2.68. The van der Waals surface area contributed by atoms with Crippen LogP contribution >= 0.6 is 0 Å². The van der Waals surface area contributed by atoms with Crippen LogP contribution in [0, 0.1) is 5.92 Å². The molecule has 1 aliphatic rings. The molecule has 0 aromatic carbocycles. The van der Waals surface area contributed by atoms with E-state index in [1.54, 1.807) is 19.5 Å². The van der Waals surface area contributed by atoms with Gasteiger partial charge in [-0.25, -0.2) is 0 Å². The number of nitrogens with zero attached hydrogens (tertiary/aromatic N) is 1. The van der Waals surface area contributed by atoms with Gasteiger partial charge in [0, 0.05) is 37.6 Å². The molecule has 3 heteroatoms. The number of Topliss-reactive ketones (excluding diaryl/α,β-unsaturated/α-hetero) is 1. The van der Waals surface area contributed by atoms with E-state index >= 15 is 0 Å². The van der Waals surface area contributed by atoms with Crippen LogP contribution in [0.5, 0.6) is 0 Å². The van der Waals surface area contributed by atoms with Gasteiger partial charge in [-0.3, -0.25) is 9.78 Å². The number of carbonyl (C=O) groups is 1. The summed E-state index contributed by atoms with van der Waals surface area (Å²) in [6.45, 7) is 0.651. The smallest absolute Gasteiger partial charge is 0.168 e. The van der Waals surface area contributed by atoms with Gasteiger partial charge in [0.25, 0.3) is 0 Å². The van der Waals surface area contributed by atoms with Gasteiger partial charge in [-0.15, -0.1) is 0 Å². The Labute approximate surface area is 83.1 Å². The lowest BCUT2D eigenvalue weighted by molar-refractivity contribution is 0.0899. The standard InChI is InChI=1S/C11H13NO2/c1-14-5-3-9-6-8-2-4-12-7-10(8)11(9)13/h2,4,7,9H,3,5-6H2,1H3/t9-/m1/s1. The number of hydrogen-bond donors (Lipinski definition) is 0. The fraction of sp³-hybridized carbons (Fsp3) is 0.455. The van der Waals surface area contributed by atoms with Crippen LogP contribution in [0.25, 0.3) is 0 Å². The van der Waals surface area contributed by atoms with Gasteiger partial charge in [-0.2, -0.15) is 0 Å². The van der Waals surface area contributed by atoms with E-state index in [1.807, 2.05) is 6.07 Å². The van der Waals surface area contributed by atoms with Crippen molar-refractivity contribution in [3.63, 3.8) is 0 Å². The van der Waals surface area contributed by atoms with Crippen molar-refractivity contribution >= 4 is 5.78 Å². The first-order chi connectivity index (χ1) is 6.83. The third kappa shape index (κ3) is 1.55. The molecule has 0 aliphatic heterocycles. The largest absolute Gasteiger partial charge is 0.385 e. The van der Waals surface area contributed by atoms with Crippen LogP contribution < -0.4 is 0 Å². The predicted molar refractivity (Wildman–Crippen MR) is 52.3 cm³/mol. The highest BCUT2D eigenvalue weighted by atomic mass is 16.5. The quantitative estimate of drug-likeness (QED) is 0.726. The van der Waals surface area contributed by atoms with E-state index < -0.39 is 0 Å². The molecular weight excluding hydrogens is 178 g/mol. The van der Waals surface area contributed by atoms with Gasteiger partial charge in [0.2, 0.25) is 0 Å². The van der Waals surface area contributed by atoms with E-state index in [9.17, 15) is 4.79 Å². The van der Waals surface area contributed by atoms with Crippen LogP contribution in [-0.4, -0.2) is 24.5 Å². The number of methoxy groups -OCH3 is 1. The number of hydrogen-bond acceptors (Lipinski definition) is 3. The van der Waals surface area contributed by atoms with Crippen LogP contribution in [0.15, 0.2) is 18.5 Å². The fourth-order valence-corrected chi connectivity index (χ4v) is 1.89. The molecule has 1 heterocycles. The van der Waals surface area contributed by atoms with Gasteiger partial charge in [0.15, 0.2) is 5.78 Å². The minimum atomic E-state index is 0.106. The molecule has 0 N–H and O–H groups in total. The molecule has 1 aromatic heterocycles. The van der Waals surface area contributed by atoms with Gasteiger partial charge in [-0.1, -0.05) is 0 Å². The van der Waals surface area contributed by atoms with Gasteiger partial charge < -0.3 is 4.74 Å². The monoisotopic (exact) mass is 191 g/mol. The Morgan fingerprint density at radius 1 is 1.64 bits per heavy atom. The first-order valence-corrected chi connectivity index (χ1v) is 4.79. The topological polar surface area (TPSA) is 39.2 Å². The summed E-state index contributed by atoms with van der Waals surface area (Å²) in [7, 11) is 1.66. The molecule has 1 aliphatic carbocycles. The normalized spacial score (nSPS) is 19.8. The lowest BCUT2D eigenvalue weighted by atomic mass is 10.0. The van der Waals surface area contributed by atoms with Crippen molar-refractivity contribution in [2.75, 3.05) is 13.7 Å². The first kappa shape index (κ1) is 9.34. The molecule has 3 nitrogen and oxygen atoms in total. The van der Waals surface area contributed by atoms with Crippen molar-refractivity contribution in [1.29, 1.82) is 0 Å². The minimum Gasteiger partial charge on any atom is -0.385 e. The second kappa shape index (κ2) is 3.88. The molecule has 0 unspecified atom stereocenters. The molecule has 0 fully saturated rings. The van der Waals surface area contributed by atoms with Crippen LogP contribution in [0.2, 0.25) is 0 Å². The van der Waals surface area contributed by atoms with E-state index in [4.69, 9.17) is 4.74 Å². The van der Waals surface area contributed by atoms with Crippen LogP contribution in [0.3, 0.4) is 0 Å². The molecule has 0 radical (unpaired) electrons. The maximum Gasteiger partial charge on any atom is 0.168 e. The lowest BCUT2D eigenvalue weighted by Gasteiger charge is -2.05. The molecule has 0 bridgehead atoms. The van der Waals surface area contributed by atoms with Crippen molar-refractivity contribution in [1.82, 2.24) is 4.98 Å².